The van der Waals surface area contributed by atoms with Gasteiger partial charge in [0, 0.05) is 38.3 Å². The second-order valence-corrected chi connectivity index (χ2v) is 6.64. The Labute approximate surface area is 140 Å². The van der Waals surface area contributed by atoms with Crippen molar-refractivity contribution in [3.63, 3.8) is 0 Å². The van der Waals surface area contributed by atoms with E-state index in [1.807, 2.05) is 0 Å². The van der Waals surface area contributed by atoms with E-state index in [1.54, 1.807) is 0 Å². The molecule has 0 amide bonds. The Bertz CT molecular complexity index is 558. The predicted octanol–water partition coefficient (Wildman–Crippen LogP) is 2.56. The lowest BCUT2D eigenvalue weighted by Gasteiger charge is -2.33. The second kappa shape index (κ2) is 7.42. The highest BCUT2D eigenvalue weighted by Gasteiger charge is 2.24. The topological polar surface area (TPSA) is 80.5 Å². The van der Waals surface area contributed by atoms with Crippen molar-refractivity contribution in [1.82, 2.24) is 9.88 Å². The van der Waals surface area contributed by atoms with Crippen LogP contribution in [-0.2, 0) is 4.74 Å². The molecule has 1 unspecified atom stereocenters. The van der Waals surface area contributed by atoms with Crippen LogP contribution in [0, 0.1) is 16.0 Å². The Morgan fingerprint density at radius 2 is 2.22 bits per heavy atom. The molecule has 1 aromatic rings. The van der Waals surface area contributed by atoms with Gasteiger partial charge in [0.15, 0.2) is 0 Å². The first kappa shape index (κ1) is 16.4. The van der Waals surface area contributed by atoms with Crippen LogP contribution in [0.25, 0.3) is 0 Å². The fourth-order valence-corrected chi connectivity index (χ4v) is 3.39. The van der Waals surface area contributed by atoms with E-state index in [2.05, 4.69) is 15.2 Å². The number of halogens is 1. The number of rotatable bonds is 5. The fraction of sp³-hybridized carbons (Fsp3) is 0.667. The average Bonchev–Trinajstić information content (AvgIpc) is 3.04. The summed E-state index contributed by atoms with van der Waals surface area (Å²) >= 11 is 6.08. The Balaban J connectivity index is 1.49. The summed E-state index contributed by atoms with van der Waals surface area (Å²) in [4.78, 5) is 16.8. The van der Waals surface area contributed by atoms with Crippen molar-refractivity contribution in [2.45, 2.75) is 25.3 Å². The second-order valence-electron chi connectivity index (χ2n) is 6.23. The molecule has 1 atom stereocenters. The summed E-state index contributed by atoms with van der Waals surface area (Å²) in [5, 5.41) is 14.3. The lowest BCUT2D eigenvalue weighted by atomic mass is 10.0. The maximum Gasteiger partial charge on any atom is 0.289 e. The summed E-state index contributed by atoms with van der Waals surface area (Å²) in [5.74, 6) is 1.20. The molecule has 0 spiro atoms. The van der Waals surface area contributed by atoms with Crippen molar-refractivity contribution < 1.29 is 9.66 Å². The number of anilines is 1. The molecule has 0 bridgehead atoms. The first-order chi connectivity index (χ1) is 11.1. The SMILES string of the molecule is O=[N+]([O-])c1cnc(NC2CCN(CC3CCOC3)CC2)c(Cl)c1. The molecule has 1 aromatic heterocycles. The van der Waals surface area contributed by atoms with Crippen LogP contribution in [0.15, 0.2) is 12.3 Å². The molecule has 0 aromatic carbocycles. The first-order valence-corrected chi connectivity index (χ1v) is 8.36. The highest BCUT2D eigenvalue weighted by Crippen LogP contribution is 2.26. The molecule has 8 heteroatoms. The van der Waals surface area contributed by atoms with Crippen molar-refractivity contribution in [1.29, 1.82) is 0 Å². The van der Waals surface area contributed by atoms with Crippen LogP contribution in [0.1, 0.15) is 19.3 Å². The fourth-order valence-electron chi connectivity index (χ4n) is 3.18. The van der Waals surface area contributed by atoms with Gasteiger partial charge in [-0.25, -0.2) is 4.98 Å². The maximum atomic E-state index is 10.7. The lowest BCUT2D eigenvalue weighted by molar-refractivity contribution is -0.385. The van der Waals surface area contributed by atoms with E-state index >= 15 is 0 Å². The number of nitrogens with one attached hydrogen (secondary N) is 1. The third-order valence-corrected chi connectivity index (χ3v) is 4.79. The molecule has 2 fully saturated rings. The number of piperidine rings is 1. The number of nitro groups is 1. The minimum absolute atomic E-state index is 0.0887. The summed E-state index contributed by atoms with van der Waals surface area (Å²) in [6, 6.07) is 1.64. The number of hydrogen-bond acceptors (Lipinski definition) is 6. The molecule has 0 aliphatic carbocycles. The summed E-state index contributed by atoms with van der Waals surface area (Å²) < 4.78 is 5.43. The van der Waals surface area contributed by atoms with Crippen LogP contribution in [0.4, 0.5) is 11.5 Å². The van der Waals surface area contributed by atoms with Crippen molar-refractivity contribution in [3.8, 4) is 0 Å². The zero-order valence-electron chi connectivity index (χ0n) is 12.9. The minimum Gasteiger partial charge on any atom is -0.381 e. The van der Waals surface area contributed by atoms with E-state index in [1.165, 1.54) is 18.7 Å². The van der Waals surface area contributed by atoms with Crippen LogP contribution in [0.3, 0.4) is 0 Å². The summed E-state index contributed by atoms with van der Waals surface area (Å²) in [5.41, 5.74) is -0.0887. The molecule has 0 saturated carbocycles. The van der Waals surface area contributed by atoms with Gasteiger partial charge in [-0.3, -0.25) is 10.1 Å². The third-order valence-electron chi connectivity index (χ3n) is 4.51. The highest BCUT2D eigenvalue weighted by atomic mass is 35.5. The quantitative estimate of drug-likeness (QED) is 0.655. The van der Waals surface area contributed by atoms with Crippen LogP contribution in [0.5, 0.6) is 0 Å². The number of aromatic nitrogens is 1. The monoisotopic (exact) mass is 340 g/mol. The van der Waals surface area contributed by atoms with E-state index < -0.39 is 4.92 Å². The molecule has 1 N–H and O–H groups in total. The van der Waals surface area contributed by atoms with Crippen LogP contribution in [-0.4, -0.2) is 53.7 Å². The molecule has 23 heavy (non-hydrogen) atoms. The number of hydrogen-bond donors (Lipinski definition) is 1. The summed E-state index contributed by atoms with van der Waals surface area (Å²) in [7, 11) is 0. The Morgan fingerprint density at radius 1 is 1.43 bits per heavy atom. The van der Waals surface area contributed by atoms with Gasteiger partial charge in [-0.2, -0.15) is 0 Å². The third kappa shape index (κ3) is 4.31. The summed E-state index contributed by atoms with van der Waals surface area (Å²) in [6.07, 6.45) is 4.44. The molecule has 126 valence electrons. The Kier molecular flexibility index (Phi) is 5.30. The molecule has 2 saturated heterocycles. The normalized spacial score (nSPS) is 23.1. The van der Waals surface area contributed by atoms with Crippen molar-refractivity contribution in [2.75, 3.05) is 38.2 Å². The van der Waals surface area contributed by atoms with Gasteiger partial charge in [-0.1, -0.05) is 11.6 Å². The predicted molar refractivity (Wildman–Crippen MR) is 87.9 cm³/mol. The average molecular weight is 341 g/mol. The van der Waals surface area contributed by atoms with Crippen molar-refractivity contribution in [3.05, 3.63) is 27.4 Å². The zero-order valence-corrected chi connectivity index (χ0v) is 13.7. The number of pyridine rings is 1. The highest BCUT2D eigenvalue weighted by molar-refractivity contribution is 6.33. The van der Waals surface area contributed by atoms with E-state index in [0.29, 0.717) is 22.8 Å². The standard InChI is InChI=1S/C15H21ClN4O3/c16-14-7-13(20(21)22)8-17-15(14)18-12-1-4-19(5-2-12)9-11-3-6-23-10-11/h7-8,11-12H,1-6,9-10H2,(H,17,18). The first-order valence-electron chi connectivity index (χ1n) is 7.98. The van der Waals surface area contributed by atoms with Gasteiger partial charge in [-0.15, -0.1) is 0 Å². The summed E-state index contributed by atoms with van der Waals surface area (Å²) in [6.45, 7) is 4.98. The molecule has 7 nitrogen and oxygen atoms in total. The minimum atomic E-state index is -0.492. The van der Waals surface area contributed by atoms with Gasteiger partial charge in [0.2, 0.25) is 0 Å². The van der Waals surface area contributed by atoms with Gasteiger partial charge in [-0.05, 0) is 25.2 Å². The smallest absolute Gasteiger partial charge is 0.289 e. The van der Waals surface area contributed by atoms with E-state index in [0.717, 1.165) is 45.7 Å². The van der Waals surface area contributed by atoms with E-state index in [-0.39, 0.29) is 5.69 Å². The lowest BCUT2D eigenvalue weighted by Crippen LogP contribution is -2.41. The Morgan fingerprint density at radius 3 is 2.83 bits per heavy atom. The largest absolute Gasteiger partial charge is 0.381 e. The molecular formula is C15H21ClN4O3. The van der Waals surface area contributed by atoms with Crippen molar-refractivity contribution >= 4 is 23.1 Å². The molecule has 3 heterocycles. The van der Waals surface area contributed by atoms with Gasteiger partial charge in [0.25, 0.3) is 5.69 Å². The molecule has 0 radical (unpaired) electrons. The van der Waals surface area contributed by atoms with E-state index in [9.17, 15) is 10.1 Å². The Hall–Kier alpha value is -1.44. The molecule has 3 rings (SSSR count). The van der Waals surface area contributed by atoms with Gasteiger partial charge in [0.1, 0.15) is 12.0 Å². The number of likely N-dealkylation sites (tertiary alicyclic amines) is 1. The number of ether oxygens (including phenoxy) is 1. The van der Waals surface area contributed by atoms with Crippen LogP contribution >= 0.6 is 11.6 Å². The van der Waals surface area contributed by atoms with Gasteiger partial charge >= 0.3 is 0 Å². The van der Waals surface area contributed by atoms with Crippen LogP contribution < -0.4 is 5.32 Å². The molecular weight excluding hydrogens is 320 g/mol. The maximum absolute atomic E-state index is 10.7. The van der Waals surface area contributed by atoms with Gasteiger partial charge < -0.3 is 15.0 Å². The molecule has 2 aliphatic heterocycles. The van der Waals surface area contributed by atoms with Crippen molar-refractivity contribution in [2.24, 2.45) is 5.92 Å². The zero-order chi connectivity index (χ0) is 16.2. The van der Waals surface area contributed by atoms with E-state index in [4.69, 9.17) is 16.3 Å². The molecule has 2 aliphatic rings. The number of nitrogens with zero attached hydrogens (tertiary/aromatic N) is 3. The van der Waals surface area contributed by atoms with Gasteiger partial charge in [0.05, 0.1) is 16.6 Å². The van der Waals surface area contributed by atoms with Crippen LogP contribution in [0.2, 0.25) is 5.02 Å².